The molecule has 6 heteroatoms. The summed E-state index contributed by atoms with van der Waals surface area (Å²) < 4.78 is 9.43. The van der Waals surface area contributed by atoms with E-state index in [1.165, 1.54) is 6.92 Å². The number of aldehydes is 1. The predicted octanol–water partition coefficient (Wildman–Crippen LogP) is -0.569. The highest BCUT2D eigenvalue weighted by Gasteiger charge is 2.26. The van der Waals surface area contributed by atoms with Crippen LogP contribution in [-0.4, -0.2) is 42.1 Å². The van der Waals surface area contributed by atoms with Crippen molar-refractivity contribution in [3.8, 4) is 0 Å². The molecule has 1 N–H and O–H groups in total. The molecule has 0 fully saturated rings. The lowest BCUT2D eigenvalue weighted by Crippen LogP contribution is -2.37. The van der Waals surface area contributed by atoms with Crippen molar-refractivity contribution in [2.24, 2.45) is 0 Å². The lowest BCUT2D eigenvalue weighted by Gasteiger charge is -2.22. The Balaban J connectivity index is 4.44. The van der Waals surface area contributed by atoms with Gasteiger partial charge in [-0.3, -0.25) is 9.59 Å². The average molecular weight is 218 g/mol. The van der Waals surface area contributed by atoms with E-state index in [2.05, 4.69) is 0 Å². The van der Waals surface area contributed by atoms with Gasteiger partial charge in [-0.2, -0.15) is 0 Å². The van der Waals surface area contributed by atoms with Gasteiger partial charge in [0.25, 0.3) is 0 Å². The fraction of sp³-hybridized carbons (Fsp3) is 0.667. The van der Waals surface area contributed by atoms with Crippen molar-refractivity contribution in [2.75, 3.05) is 6.61 Å². The lowest BCUT2D eigenvalue weighted by molar-refractivity contribution is -0.169. The van der Waals surface area contributed by atoms with Crippen molar-refractivity contribution < 1.29 is 29.0 Å². The number of hydrogen-bond acceptors (Lipinski definition) is 6. The Morgan fingerprint density at radius 1 is 1.20 bits per heavy atom. The molecule has 0 aromatic carbocycles. The van der Waals surface area contributed by atoms with E-state index >= 15 is 0 Å². The fourth-order valence-electron chi connectivity index (χ4n) is 1.03. The van der Waals surface area contributed by atoms with Gasteiger partial charge in [0.1, 0.15) is 12.4 Å². The van der Waals surface area contributed by atoms with Crippen LogP contribution in [-0.2, 0) is 23.9 Å². The van der Waals surface area contributed by atoms with Gasteiger partial charge >= 0.3 is 11.9 Å². The molecule has 6 nitrogen and oxygen atoms in total. The Morgan fingerprint density at radius 3 is 2.00 bits per heavy atom. The predicted molar refractivity (Wildman–Crippen MR) is 48.9 cm³/mol. The second-order valence-corrected chi connectivity index (χ2v) is 2.88. The molecule has 0 aliphatic heterocycles. The van der Waals surface area contributed by atoms with Crippen LogP contribution < -0.4 is 0 Å². The van der Waals surface area contributed by atoms with Crippen molar-refractivity contribution >= 4 is 18.2 Å². The molecule has 0 bridgehead atoms. The number of carbonyl (C=O) groups excluding carboxylic acids is 3. The lowest BCUT2D eigenvalue weighted by atomic mass is 10.1. The van der Waals surface area contributed by atoms with E-state index in [-0.39, 0.29) is 6.42 Å². The van der Waals surface area contributed by atoms with Gasteiger partial charge < -0.3 is 19.4 Å². The van der Waals surface area contributed by atoms with Crippen molar-refractivity contribution in [3.05, 3.63) is 0 Å². The number of rotatable bonds is 6. The van der Waals surface area contributed by atoms with Crippen LogP contribution in [0.2, 0.25) is 0 Å². The maximum absolute atomic E-state index is 10.7. The third kappa shape index (κ3) is 5.79. The van der Waals surface area contributed by atoms with Gasteiger partial charge in [0.2, 0.25) is 0 Å². The average Bonchev–Trinajstić information content (AvgIpc) is 2.12. The highest BCUT2D eigenvalue weighted by atomic mass is 16.6. The van der Waals surface area contributed by atoms with Crippen LogP contribution in [0.3, 0.4) is 0 Å². The van der Waals surface area contributed by atoms with Gasteiger partial charge in [-0.1, -0.05) is 0 Å². The van der Waals surface area contributed by atoms with E-state index in [9.17, 15) is 14.4 Å². The molecule has 0 heterocycles. The first-order valence-electron chi connectivity index (χ1n) is 4.40. The standard InChI is InChI=1S/C9H14O6/c1-6(12)14-8(3-4-10)9(5-11)15-7(2)13/h4,8-9,11H,3,5H2,1-2H3/t8-,9+/m1/s1. The van der Waals surface area contributed by atoms with E-state index in [0.717, 1.165) is 6.92 Å². The van der Waals surface area contributed by atoms with Crippen LogP contribution in [0.1, 0.15) is 20.3 Å². The second-order valence-electron chi connectivity index (χ2n) is 2.88. The summed E-state index contributed by atoms with van der Waals surface area (Å²) in [6.45, 7) is 1.82. The molecule has 0 saturated carbocycles. The minimum Gasteiger partial charge on any atom is -0.458 e. The van der Waals surface area contributed by atoms with Crippen molar-refractivity contribution in [3.63, 3.8) is 0 Å². The maximum atomic E-state index is 10.7. The highest BCUT2D eigenvalue weighted by molar-refractivity contribution is 5.67. The molecule has 0 unspecified atom stereocenters. The Morgan fingerprint density at radius 2 is 1.67 bits per heavy atom. The third-order valence-corrected chi connectivity index (χ3v) is 1.56. The number of aliphatic hydroxyl groups is 1. The number of esters is 2. The van der Waals surface area contributed by atoms with E-state index in [0.29, 0.717) is 6.29 Å². The van der Waals surface area contributed by atoms with E-state index in [1.54, 1.807) is 0 Å². The van der Waals surface area contributed by atoms with Gasteiger partial charge in [0.05, 0.1) is 6.61 Å². The molecule has 2 atom stereocenters. The van der Waals surface area contributed by atoms with Crippen LogP contribution in [0, 0.1) is 0 Å². The number of ether oxygens (including phenoxy) is 2. The van der Waals surface area contributed by atoms with Gasteiger partial charge in [-0.25, -0.2) is 0 Å². The number of hydrogen-bond donors (Lipinski definition) is 1. The van der Waals surface area contributed by atoms with Gasteiger partial charge in [-0.05, 0) is 0 Å². The molecule has 15 heavy (non-hydrogen) atoms. The quantitative estimate of drug-likeness (QED) is 0.474. The van der Waals surface area contributed by atoms with Crippen molar-refractivity contribution in [2.45, 2.75) is 32.5 Å². The minimum atomic E-state index is -1.00. The zero-order valence-electron chi connectivity index (χ0n) is 8.63. The SMILES string of the molecule is CC(=O)O[C@@H](CO)[C@@H](CC=O)OC(C)=O. The zero-order chi connectivity index (χ0) is 11.8. The Kier molecular flexibility index (Phi) is 6.28. The molecule has 0 aromatic heterocycles. The van der Waals surface area contributed by atoms with Crippen LogP contribution in [0.5, 0.6) is 0 Å². The monoisotopic (exact) mass is 218 g/mol. The molecule has 0 aromatic rings. The fourth-order valence-corrected chi connectivity index (χ4v) is 1.03. The largest absolute Gasteiger partial charge is 0.458 e. The summed E-state index contributed by atoms with van der Waals surface area (Å²) >= 11 is 0. The molecule has 0 saturated heterocycles. The van der Waals surface area contributed by atoms with Crippen LogP contribution in [0.15, 0.2) is 0 Å². The summed E-state index contributed by atoms with van der Waals surface area (Å²) in [5.74, 6) is -1.22. The molecule has 0 spiro atoms. The molecule has 0 aliphatic rings. The van der Waals surface area contributed by atoms with Crippen molar-refractivity contribution in [1.29, 1.82) is 0 Å². The normalized spacial score (nSPS) is 13.8. The topological polar surface area (TPSA) is 89.9 Å². The zero-order valence-corrected chi connectivity index (χ0v) is 8.63. The Bertz CT molecular complexity index is 237. The summed E-state index contributed by atoms with van der Waals surface area (Å²) in [5, 5.41) is 8.90. The first-order valence-corrected chi connectivity index (χ1v) is 4.40. The van der Waals surface area contributed by atoms with Gasteiger partial charge in [0, 0.05) is 20.3 Å². The van der Waals surface area contributed by atoms with E-state index in [4.69, 9.17) is 14.6 Å². The summed E-state index contributed by atoms with van der Waals surface area (Å²) in [5.41, 5.74) is 0. The molecule has 0 aliphatic carbocycles. The summed E-state index contributed by atoms with van der Waals surface area (Å²) in [4.78, 5) is 31.6. The summed E-state index contributed by atoms with van der Waals surface area (Å²) in [6.07, 6.45) is -1.54. The van der Waals surface area contributed by atoms with Crippen LogP contribution in [0.25, 0.3) is 0 Å². The van der Waals surface area contributed by atoms with E-state index < -0.39 is 30.8 Å². The van der Waals surface area contributed by atoms with Crippen molar-refractivity contribution in [1.82, 2.24) is 0 Å². The smallest absolute Gasteiger partial charge is 0.303 e. The Labute approximate surface area is 87.2 Å². The number of carbonyl (C=O) groups is 3. The van der Waals surface area contributed by atoms with E-state index in [1.807, 2.05) is 0 Å². The van der Waals surface area contributed by atoms with Crippen LogP contribution >= 0.6 is 0 Å². The molecule has 86 valence electrons. The molecular weight excluding hydrogens is 204 g/mol. The summed E-state index contributed by atoms with van der Waals surface area (Å²) in [7, 11) is 0. The second kappa shape index (κ2) is 6.94. The van der Waals surface area contributed by atoms with Gasteiger partial charge in [-0.15, -0.1) is 0 Å². The first kappa shape index (κ1) is 13.6. The third-order valence-electron chi connectivity index (χ3n) is 1.56. The summed E-state index contributed by atoms with van der Waals surface area (Å²) in [6, 6.07) is 0. The minimum absolute atomic E-state index is 0.127. The van der Waals surface area contributed by atoms with Crippen LogP contribution in [0.4, 0.5) is 0 Å². The first-order chi connectivity index (χ1) is 7.01. The maximum Gasteiger partial charge on any atom is 0.303 e. The molecular formula is C9H14O6. The van der Waals surface area contributed by atoms with Gasteiger partial charge in [0.15, 0.2) is 6.10 Å². The number of aliphatic hydroxyl groups excluding tert-OH is 1. The molecule has 0 radical (unpaired) electrons. The Hall–Kier alpha value is -1.43. The molecule has 0 amide bonds. The highest BCUT2D eigenvalue weighted by Crippen LogP contribution is 2.08. The molecule has 0 rings (SSSR count).